The van der Waals surface area contributed by atoms with E-state index in [0.29, 0.717) is 0 Å². The lowest BCUT2D eigenvalue weighted by Crippen LogP contribution is -2.29. The molecule has 2 N–H and O–H groups in total. The minimum Gasteiger partial charge on any atom is -0.241 e. The number of halogens is 2. The molecule has 2 aromatic rings. The molecule has 4 rings (SSSR count). The Kier molecular flexibility index (Phi) is 2.79. The fraction of sp³-hybridized carbons (Fsp3) is 0.200. The maximum absolute atomic E-state index is 4.42. The molecule has 1 aliphatic heterocycles. The van der Waals surface area contributed by atoms with E-state index >= 15 is 0 Å². The zero-order valence-electron chi connectivity index (χ0n) is 8.78. The first-order chi connectivity index (χ1) is 8.75. The highest BCUT2D eigenvalue weighted by atomic mass is 79.9. The second-order valence-electron chi connectivity index (χ2n) is 4.15. The van der Waals surface area contributed by atoms with Crippen molar-refractivity contribution in [2.24, 2.45) is 0 Å². The van der Waals surface area contributed by atoms with Gasteiger partial charge in [-0.15, -0.1) is 0 Å². The second kappa shape index (κ2) is 4.26. The summed E-state index contributed by atoms with van der Waals surface area (Å²) in [6, 6.07) is 2.68. The van der Waals surface area contributed by atoms with Gasteiger partial charge in [-0.05, 0) is 33.6 Å². The summed E-state index contributed by atoms with van der Waals surface area (Å²) in [6.07, 6.45) is 2.15. The van der Waals surface area contributed by atoms with Gasteiger partial charge in [0, 0.05) is 26.7 Å². The normalized spacial score (nSPS) is 26.0. The van der Waals surface area contributed by atoms with Crippen molar-refractivity contribution < 1.29 is 0 Å². The van der Waals surface area contributed by atoms with E-state index in [1.807, 2.05) is 0 Å². The number of rotatable bonds is 0. The zero-order valence-corrected chi connectivity index (χ0v) is 13.6. The molecule has 8 heteroatoms. The van der Waals surface area contributed by atoms with Crippen molar-refractivity contribution in [3.8, 4) is 0 Å². The van der Waals surface area contributed by atoms with Crippen LogP contribution in [0.15, 0.2) is 15.0 Å². The van der Waals surface area contributed by atoms with Gasteiger partial charge in [0.2, 0.25) is 0 Å². The highest BCUT2D eigenvalue weighted by Gasteiger charge is 2.36. The van der Waals surface area contributed by atoms with Crippen LogP contribution < -0.4 is 9.44 Å². The molecular formula is C10H6Br2N4S2. The van der Waals surface area contributed by atoms with Crippen LogP contribution in [0.2, 0.25) is 0 Å². The smallest absolute Gasteiger partial charge is 0.119 e. The fourth-order valence-electron chi connectivity index (χ4n) is 2.33. The number of nitrogens with one attached hydrogen (secondary N) is 2. The largest absolute Gasteiger partial charge is 0.241 e. The van der Waals surface area contributed by atoms with Crippen LogP contribution in [0, 0.1) is 0 Å². The Morgan fingerprint density at radius 1 is 1.11 bits per heavy atom. The monoisotopic (exact) mass is 404 g/mol. The summed E-state index contributed by atoms with van der Waals surface area (Å²) in [5.41, 5.74) is 4.32. The Bertz CT molecular complexity index is 684. The van der Waals surface area contributed by atoms with Crippen molar-refractivity contribution in [1.82, 2.24) is 18.2 Å². The van der Waals surface area contributed by atoms with Gasteiger partial charge in [-0.2, -0.15) is 8.75 Å². The molecule has 0 saturated carbocycles. The summed E-state index contributed by atoms with van der Waals surface area (Å²) in [5, 5.41) is 0. The first-order valence-electron chi connectivity index (χ1n) is 5.24. The van der Waals surface area contributed by atoms with E-state index < -0.39 is 0 Å². The van der Waals surface area contributed by atoms with Gasteiger partial charge >= 0.3 is 0 Å². The molecule has 0 amide bonds. The second-order valence-corrected chi connectivity index (χ2v) is 7.12. The van der Waals surface area contributed by atoms with E-state index in [1.165, 1.54) is 17.3 Å². The molecule has 1 fully saturated rings. The maximum Gasteiger partial charge on any atom is 0.119 e. The first kappa shape index (κ1) is 11.8. The number of hydrogen-bond donors (Lipinski definition) is 2. The molecule has 92 valence electrons. The molecule has 1 saturated heterocycles. The van der Waals surface area contributed by atoms with Gasteiger partial charge in [-0.1, -0.05) is 15.9 Å². The Hall–Kier alpha value is 0.01000. The lowest BCUT2D eigenvalue weighted by molar-refractivity contribution is 0.603. The Morgan fingerprint density at radius 3 is 2.78 bits per heavy atom. The van der Waals surface area contributed by atoms with Crippen LogP contribution in [-0.2, 0) is 0 Å². The summed E-state index contributed by atoms with van der Waals surface area (Å²) in [4.78, 5) is 0. The molecule has 18 heavy (non-hydrogen) atoms. The van der Waals surface area contributed by atoms with Crippen LogP contribution in [0.25, 0.3) is 17.1 Å². The zero-order chi connectivity index (χ0) is 12.3. The quantitative estimate of drug-likeness (QED) is 0.658. The Morgan fingerprint density at radius 2 is 1.89 bits per heavy atom. The molecule has 1 aromatic carbocycles. The Labute approximate surface area is 128 Å². The van der Waals surface area contributed by atoms with E-state index in [2.05, 4.69) is 62.2 Å². The molecule has 0 spiro atoms. The standard InChI is InChI=1S/C10H6Br2N4S2/c11-5-1-3-4(8-9(5)15-18-14-8)2-6(12)10-7(3)13-17-16-10/h1-2,7,10,13,16H. The first-order valence-corrected chi connectivity index (χ1v) is 8.37. The molecular weight excluding hydrogens is 400 g/mol. The van der Waals surface area contributed by atoms with Crippen molar-refractivity contribution in [2.45, 2.75) is 12.1 Å². The molecule has 0 radical (unpaired) electrons. The van der Waals surface area contributed by atoms with Gasteiger partial charge < -0.3 is 0 Å². The van der Waals surface area contributed by atoms with Crippen molar-refractivity contribution in [1.29, 1.82) is 0 Å². The van der Waals surface area contributed by atoms with E-state index in [-0.39, 0.29) is 12.1 Å². The average Bonchev–Trinajstić information content (AvgIpc) is 2.98. The number of hydrogen-bond acceptors (Lipinski definition) is 6. The highest BCUT2D eigenvalue weighted by molar-refractivity contribution is 9.12. The minimum absolute atomic E-state index is 0.256. The van der Waals surface area contributed by atoms with Gasteiger partial charge in [0.05, 0.1) is 23.8 Å². The summed E-state index contributed by atoms with van der Waals surface area (Å²) in [6.45, 7) is 0. The van der Waals surface area contributed by atoms with E-state index in [1.54, 1.807) is 12.1 Å². The van der Waals surface area contributed by atoms with Crippen LogP contribution >= 0.6 is 55.7 Å². The summed E-state index contributed by atoms with van der Waals surface area (Å²) >= 11 is 10.0. The number of nitrogens with zero attached hydrogens (tertiary/aromatic N) is 2. The van der Waals surface area contributed by atoms with Gasteiger partial charge in [0.25, 0.3) is 0 Å². The van der Waals surface area contributed by atoms with Crippen molar-refractivity contribution >= 4 is 72.8 Å². The van der Waals surface area contributed by atoms with Crippen LogP contribution in [0.4, 0.5) is 0 Å². The molecule has 1 aromatic heterocycles. The minimum atomic E-state index is 0.256. The fourth-order valence-corrected chi connectivity index (χ4v) is 5.16. The SMILES string of the molecule is BrC1=Cc2c(cc(Br)c3nsnc23)C2NSNC12. The molecule has 2 unspecified atom stereocenters. The summed E-state index contributed by atoms with van der Waals surface area (Å²) < 4.78 is 17.7. The third-order valence-electron chi connectivity index (χ3n) is 3.18. The number of benzene rings is 1. The summed E-state index contributed by atoms with van der Waals surface area (Å²) in [5.74, 6) is 0. The maximum atomic E-state index is 4.42. The Balaban J connectivity index is 2.07. The molecule has 1 aliphatic carbocycles. The van der Waals surface area contributed by atoms with Gasteiger partial charge in [-0.3, -0.25) is 0 Å². The van der Waals surface area contributed by atoms with Crippen LogP contribution in [-0.4, -0.2) is 14.8 Å². The number of fused-ring (bicyclic) bond motifs is 5. The topological polar surface area (TPSA) is 49.8 Å². The van der Waals surface area contributed by atoms with Gasteiger partial charge in [0.15, 0.2) is 0 Å². The van der Waals surface area contributed by atoms with Crippen LogP contribution in [0.5, 0.6) is 0 Å². The average molecular weight is 406 g/mol. The van der Waals surface area contributed by atoms with Crippen molar-refractivity contribution in [3.63, 3.8) is 0 Å². The van der Waals surface area contributed by atoms with Gasteiger partial charge in [-0.25, -0.2) is 9.44 Å². The third kappa shape index (κ3) is 1.56. The number of aromatic nitrogens is 2. The molecule has 4 nitrogen and oxygen atoms in total. The van der Waals surface area contributed by atoms with Crippen molar-refractivity contribution in [2.75, 3.05) is 0 Å². The summed E-state index contributed by atoms with van der Waals surface area (Å²) in [7, 11) is 0. The lowest BCUT2D eigenvalue weighted by atomic mass is 9.89. The van der Waals surface area contributed by atoms with Crippen LogP contribution in [0.1, 0.15) is 17.2 Å². The van der Waals surface area contributed by atoms with Crippen molar-refractivity contribution in [3.05, 3.63) is 26.1 Å². The van der Waals surface area contributed by atoms with E-state index in [0.717, 1.165) is 25.6 Å². The van der Waals surface area contributed by atoms with Crippen LogP contribution in [0.3, 0.4) is 0 Å². The molecule has 2 aliphatic rings. The molecule has 2 heterocycles. The lowest BCUT2D eigenvalue weighted by Gasteiger charge is -2.25. The third-order valence-corrected chi connectivity index (χ3v) is 5.78. The predicted molar refractivity (Wildman–Crippen MR) is 82.4 cm³/mol. The van der Waals surface area contributed by atoms with E-state index in [4.69, 9.17) is 0 Å². The van der Waals surface area contributed by atoms with E-state index in [9.17, 15) is 0 Å². The highest BCUT2D eigenvalue weighted by Crippen LogP contribution is 2.43. The predicted octanol–water partition coefficient (Wildman–Crippen LogP) is 3.37. The molecule has 0 bridgehead atoms. The molecule has 2 atom stereocenters. The van der Waals surface area contributed by atoms with Gasteiger partial charge in [0.1, 0.15) is 11.0 Å².